The van der Waals surface area contributed by atoms with Gasteiger partial charge in [0.2, 0.25) is 5.91 Å². The van der Waals surface area contributed by atoms with Gasteiger partial charge >= 0.3 is 6.03 Å². The number of urea groups is 1. The first-order valence-corrected chi connectivity index (χ1v) is 10.0. The maximum Gasteiger partial charge on any atom is 0.327 e. The molecule has 0 radical (unpaired) electrons. The maximum absolute atomic E-state index is 12.9. The average molecular weight is 424 g/mol. The van der Waals surface area contributed by atoms with Gasteiger partial charge in [-0.15, -0.1) is 0 Å². The summed E-state index contributed by atoms with van der Waals surface area (Å²) in [6.07, 6.45) is 3.79. The van der Waals surface area contributed by atoms with Crippen molar-refractivity contribution >= 4 is 17.8 Å². The smallest absolute Gasteiger partial charge is 0.327 e. The van der Waals surface area contributed by atoms with E-state index in [1.807, 2.05) is 18.2 Å². The summed E-state index contributed by atoms with van der Waals surface area (Å²) in [7, 11) is 3.12. The normalized spacial score (nSPS) is 17.3. The molecule has 0 bridgehead atoms. The fourth-order valence-corrected chi connectivity index (χ4v) is 3.97. The van der Waals surface area contributed by atoms with Crippen molar-refractivity contribution in [3.63, 3.8) is 0 Å². The van der Waals surface area contributed by atoms with Crippen LogP contribution in [0.15, 0.2) is 36.7 Å². The average Bonchev–Trinajstić information content (AvgIpc) is 3.03. The van der Waals surface area contributed by atoms with Crippen LogP contribution in [-0.2, 0) is 29.1 Å². The van der Waals surface area contributed by atoms with Crippen LogP contribution in [0.4, 0.5) is 4.79 Å². The van der Waals surface area contributed by atoms with Crippen molar-refractivity contribution < 1.29 is 23.9 Å². The summed E-state index contributed by atoms with van der Waals surface area (Å²) in [5, 5.41) is 2.79. The fourth-order valence-electron chi connectivity index (χ4n) is 3.97. The number of hydrogen-bond acceptors (Lipinski definition) is 6. The summed E-state index contributed by atoms with van der Waals surface area (Å²) in [6.45, 7) is 0.712. The highest BCUT2D eigenvalue weighted by molar-refractivity contribution is 6.05. The van der Waals surface area contributed by atoms with E-state index in [2.05, 4.69) is 10.3 Å². The van der Waals surface area contributed by atoms with Crippen LogP contribution in [-0.4, -0.2) is 59.4 Å². The van der Waals surface area contributed by atoms with E-state index in [-0.39, 0.29) is 30.8 Å². The van der Waals surface area contributed by atoms with Gasteiger partial charge in [0.05, 0.1) is 14.2 Å². The predicted molar refractivity (Wildman–Crippen MR) is 110 cm³/mol. The van der Waals surface area contributed by atoms with Crippen LogP contribution < -0.4 is 14.8 Å². The highest BCUT2D eigenvalue weighted by Gasteiger charge is 2.47. The van der Waals surface area contributed by atoms with E-state index in [0.29, 0.717) is 31.0 Å². The Bertz CT molecular complexity index is 959. The first-order valence-electron chi connectivity index (χ1n) is 10.0. The molecule has 0 spiro atoms. The third-order valence-electron chi connectivity index (χ3n) is 5.64. The van der Waals surface area contributed by atoms with Gasteiger partial charge < -0.3 is 19.7 Å². The van der Waals surface area contributed by atoms with E-state index in [1.54, 1.807) is 37.6 Å². The zero-order chi connectivity index (χ0) is 22.0. The molecule has 1 fully saturated rings. The minimum Gasteiger partial charge on any atom is -0.493 e. The van der Waals surface area contributed by atoms with E-state index in [4.69, 9.17) is 9.47 Å². The molecule has 0 unspecified atom stereocenters. The Hall–Kier alpha value is -3.62. The molecule has 31 heavy (non-hydrogen) atoms. The van der Waals surface area contributed by atoms with E-state index in [9.17, 15) is 14.4 Å². The predicted octanol–water partition coefficient (Wildman–Crippen LogP) is 1.49. The Morgan fingerprint density at radius 2 is 1.94 bits per heavy atom. The largest absolute Gasteiger partial charge is 0.493 e. The molecule has 0 saturated carbocycles. The zero-order valence-electron chi connectivity index (χ0n) is 17.5. The molecule has 3 heterocycles. The molecule has 162 valence electrons. The molecule has 1 atom stereocenters. The van der Waals surface area contributed by atoms with Gasteiger partial charge in [0, 0.05) is 44.9 Å². The number of amides is 4. The Kier molecular flexibility index (Phi) is 5.75. The van der Waals surface area contributed by atoms with Gasteiger partial charge in [0.1, 0.15) is 6.04 Å². The number of carbonyl (C=O) groups excluding carboxylic acids is 3. The summed E-state index contributed by atoms with van der Waals surface area (Å²) < 4.78 is 10.7. The monoisotopic (exact) mass is 424 g/mol. The molecular weight excluding hydrogens is 400 g/mol. The molecule has 9 heteroatoms. The molecule has 2 aliphatic heterocycles. The zero-order valence-corrected chi connectivity index (χ0v) is 17.5. The lowest BCUT2D eigenvalue weighted by Crippen LogP contribution is -2.40. The van der Waals surface area contributed by atoms with Crippen molar-refractivity contribution in [1.82, 2.24) is 20.1 Å². The number of aromatic nitrogens is 1. The number of pyridine rings is 1. The summed E-state index contributed by atoms with van der Waals surface area (Å²) in [5.41, 5.74) is 2.76. The van der Waals surface area contributed by atoms with Gasteiger partial charge in [-0.2, -0.15) is 0 Å². The lowest BCUT2D eigenvalue weighted by atomic mass is 9.94. The SMILES string of the molecule is COc1cc2c(cc1OC)CN1C(=O)N(CCC(=O)NCc3cccnc3)C(=O)[C@@H]1C2. The van der Waals surface area contributed by atoms with Gasteiger partial charge in [-0.1, -0.05) is 6.07 Å². The second-order valence-corrected chi connectivity index (χ2v) is 7.48. The van der Waals surface area contributed by atoms with Crippen LogP contribution >= 0.6 is 0 Å². The number of methoxy groups -OCH3 is 2. The minimum atomic E-state index is -0.559. The van der Waals surface area contributed by atoms with Crippen LogP contribution in [0.2, 0.25) is 0 Å². The quantitative estimate of drug-likeness (QED) is 0.676. The van der Waals surface area contributed by atoms with Crippen LogP contribution in [0.1, 0.15) is 23.1 Å². The Morgan fingerprint density at radius 3 is 2.61 bits per heavy atom. The second kappa shape index (κ2) is 8.63. The highest BCUT2D eigenvalue weighted by Crippen LogP contribution is 2.37. The molecule has 4 amide bonds. The summed E-state index contributed by atoms with van der Waals surface area (Å²) >= 11 is 0. The lowest BCUT2D eigenvalue weighted by molar-refractivity contribution is -0.129. The Morgan fingerprint density at radius 1 is 1.19 bits per heavy atom. The van der Waals surface area contributed by atoms with Crippen molar-refractivity contribution in [3.8, 4) is 11.5 Å². The first kappa shape index (κ1) is 20.6. The third-order valence-corrected chi connectivity index (χ3v) is 5.64. The van der Waals surface area contributed by atoms with Crippen molar-refractivity contribution in [2.24, 2.45) is 0 Å². The van der Waals surface area contributed by atoms with Gasteiger partial charge in [-0.05, 0) is 34.9 Å². The fraction of sp³-hybridized carbons (Fsp3) is 0.364. The Balaban J connectivity index is 1.39. The molecule has 1 saturated heterocycles. The van der Waals surface area contributed by atoms with Crippen molar-refractivity contribution in [3.05, 3.63) is 53.3 Å². The molecule has 1 aromatic carbocycles. The molecule has 4 rings (SSSR count). The van der Waals surface area contributed by atoms with E-state index in [0.717, 1.165) is 16.7 Å². The molecular formula is C22H24N4O5. The minimum absolute atomic E-state index is 0.0481. The first-order chi connectivity index (χ1) is 15.0. The van der Waals surface area contributed by atoms with Crippen LogP contribution in [0.5, 0.6) is 11.5 Å². The standard InChI is InChI=1S/C22H24N4O5/c1-30-18-9-15-8-17-21(28)25(22(29)26(17)13-16(15)10-19(18)31-2)7-5-20(27)24-12-14-4-3-6-23-11-14/h3-4,6,9-11,17H,5,7-8,12-13H2,1-2H3,(H,24,27)/t17-/m0/s1. The van der Waals surface area contributed by atoms with E-state index >= 15 is 0 Å². The highest BCUT2D eigenvalue weighted by atomic mass is 16.5. The van der Waals surface area contributed by atoms with Gasteiger partial charge in [-0.3, -0.25) is 19.5 Å². The van der Waals surface area contributed by atoms with Crippen LogP contribution in [0, 0.1) is 0 Å². The molecule has 9 nitrogen and oxygen atoms in total. The number of nitrogens with one attached hydrogen (secondary N) is 1. The third kappa shape index (κ3) is 4.03. The van der Waals surface area contributed by atoms with Crippen molar-refractivity contribution in [2.45, 2.75) is 32.0 Å². The van der Waals surface area contributed by atoms with Gasteiger partial charge in [-0.25, -0.2) is 4.79 Å². The number of nitrogens with zero attached hydrogens (tertiary/aromatic N) is 3. The summed E-state index contributed by atoms with van der Waals surface area (Å²) in [6, 6.07) is 6.43. The number of carbonyl (C=O) groups is 3. The van der Waals surface area contributed by atoms with E-state index in [1.165, 1.54) is 4.90 Å². The molecule has 2 aliphatic rings. The number of ether oxygens (including phenoxy) is 2. The number of rotatable bonds is 7. The van der Waals surface area contributed by atoms with Crippen molar-refractivity contribution in [1.29, 1.82) is 0 Å². The maximum atomic E-state index is 12.9. The van der Waals surface area contributed by atoms with Gasteiger partial charge in [0.15, 0.2) is 11.5 Å². The van der Waals surface area contributed by atoms with Crippen LogP contribution in [0.3, 0.4) is 0 Å². The summed E-state index contributed by atoms with van der Waals surface area (Å²) in [4.78, 5) is 44.7. The number of fused-ring (bicyclic) bond motifs is 2. The lowest BCUT2D eigenvalue weighted by Gasteiger charge is -2.29. The van der Waals surface area contributed by atoms with E-state index < -0.39 is 6.04 Å². The van der Waals surface area contributed by atoms with Crippen molar-refractivity contribution in [2.75, 3.05) is 20.8 Å². The topological polar surface area (TPSA) is 101 Å². The van der Waals surface area contributed by atoms with Crippen LogP contribution in [0.25, 0.3) is 0 Å². The molecule has 1 N–H and O–H groups in total. The second-order valence-electron chi connectivity index (χ2n) is 7.48. The molecule has 1 aromatic heterocycles. The van der Waals surface area contributed by atoms with Gasteiger partial charge in [0.25, 0.3) is 5.91 Å². The Labute approximate surface area is 179 Å². The number of benzene rings is 1. The summed E-state index contributed by atoms with van der Waals surface area (Å²) in [5.74, 6) is 0.672. The number of hydrogen-bond donors (Lipinski definition) is 1. The molecule has 2 aromatic rings. The molecule has 0 aliphatic carbocycles. The number of imide groups is 1.